The van der Waals surface area contributed by atoms with Gasteiger partial charge in [-0.25, -0.2) is 0 Å². The molecule has 1 fully saturated rings. The highest BCUT2D eigenvalue weighted by Gasteiger charge is 2.21. The molecule has 104 valence electrons. The molecule has 2 rings (SSSR count). The average Bonchev–Trinajstić information content (AvgIpc) is 3.26. The topological polar surface area (TPSA) is 59.6 Å². The molecule has 1 aromatic rings. The van der Waals surface area contributed by atoms with E-state index in [0.717, 1.165) is 18.0 Å². The van der Waals surface area contributed by atoms with Crippen LogP contribution in [0.15, 0.2) is 18.2 Å². The first-order chi connectivity index (χ1) is 9.22. The number of nitrogens with one attached hydrogen (secondary N) is 2. The minimum Gasteiger partial charge on any atom is -0.497 e. The molecule has 5 heteroatoms. The van der Waals surface area contributed by atoms with Gasteiger partial charge in [0.25, 0.3) is 0 Å². The van der Waals surface area contributed by atoms with Crippen LogP contribution in [0.3, 0.4) is 0 Å². The molecule has 1 saturated carbocycles. The minimum absolute atomic E-state index is 0.00442. The standard InChI is InChI=1S/C14H20N2O3/c1-18-11-5-6-12(13(7-11)19-2)15-9-14(17)16-8-10-3-4-10/h5-7,10,15H,3-4,8-9H2,1-2H3,(H,16,17). The molecule has 1 aromatic carbocycles. The lowest BCUT2D eigenvalue weighted by molar-refractivity contribution is -0.119. The summed E-state index contributed by atoms with van der Waals surface area (Å²) in [7, 11) is 3.19. The number of anilines is 1. The number of hydrogen-bond acceptors (Lipinski definition) is 4. The van der Waals surface area contributed by atoms with E-state index in [4.69, 9.17) is 9.47 Å². The third-order valence-electron chi connectivity index (χ3n) is 3.13. The van der Waals surface area contributed by atoms with Gasteiger partial charge in [-0.2, -0.15) is 0 Å². The highest BCUT2D eigenvalue weighted by Crippen LogP contribution is 2.29. The molecule has 5 nitrogen and oxygen atoms in total. The van der Waals surface area contributed by atoms with Gasteiger partial charge in [0.2, 0.25) is 5.91 Å². The normalized spacial score (nSPS) is 13.8. The van der Waals surface area contributed by atoms with Crippen LogP contribution in [-0.2, 0) is 4.79 Å². The second kappa shape index (κ2) is 6.31. The lowest BCUT2D eigenvalue weighted by Gasteiger charge is -2.12. The lowest BCUT2D eigenvalue weighted by atomic mass is 10.2. The number of hydrogen-bond donors (Lipinski definition) is 2. The summed E-state index contributed by atoms with van der Waals surface area (Å²) in [5.74, 6) is 2.08. The van der Waals surface area contributed by atoms with Crippen molar-refractivity contribution < 1.29 is 14.3 Å². The van der Waals surface area contributed by atoms with Crippen molar-refractivity contribution in [3.63, 3.8) is 0 Å². The van der Waals surface area contributed by atoms with Crippen LogP contribution >= 0.6 is 0 Å². The summed E-state index contributed by atoms with van der Waals surface area (Å²) in [4.78, 5) is 11.6. The number of carbonyl (C=O) groups is 1. The van der Waals surface area contributed by atoms with Gasteiger partial charge in [0.1, 0.15) is 11.5 Å². The summed E-state index contributed by atoms with van der Waals surface area (Å²) in [6.07, 6.45) is 2.47. The van der Waals surface area contributed by atoms with Crippen molar-refractivity contribution in [3.05, 3.63) is 18.2 Å². The Kier molecular flexibility index (Phi) is 4.49. The molecule has 0 bridgehead atoms. The molecule has 0 spiro atoms. The third kappa shape index (κ3) is 4.05. The summed E-state index contributed by atoms with van der Waals surface area (Å²) in [5.41, 5.74) is 0.782. The number of carbonyl (C=O) groups excluding carboxylic acids is 1. The molecule has 1 amide bonds. The first kappa shape index (κ1) is 13.5. The van der Waals surface area contributed by atoms with Crippen molar-refractivity contribution in [2.75, 3.05) is 32.6 Å². The van der Waals surface area contributed by atoms with E-state index in [1.54, 1.807) is 20.3 Å². The van der Waals surface area contributed by atoms with Gasteiger partial charge < -0.3 is 20.1 Å². The maximum Gasteiger partial charge on any atom is 0.239 e. The fourth-order valence-corrected chi connectivity index (χ4v) is 1.76. The molecule has 0 saturated heterocycles. The van der Waals surface area contributed by atoms with Crippen molar-refractivity contribution in [1.82, 2.24) is 5.32 Å². The largest absolute Gasteiger partial charge is 0.497 e. The predicted octanol–water partition coefficient (Wildman–Crippen LogP) is 1.64. The average molecular weight is 264 g/mol. The van der Waals surface area contributed by atoms with E-state index in [-0.39, 0.29) is 12.5 Å². The van der Waals surface area contributed by atoms with Crippen molar-refractivity contribution in [1.29, 1.82) is 0 Å². The van der Waals surface area contributed by atoms with Crippen molar-refractivity contribution in [3.8, 4) is 11.5 Å². The Morgan fingerprint density at radius 3 is 2.74 bits per heavy atom. The minimum atomic E-state index is 0.00442. The summed E-state index contributed by atoms with van der Waals surface area (Å²) in [6, 6.07) is 5.45. The Morgan fingerprint density at radius 2 is 2.11 bits per heavy atom. The zero-order valence-corrected chi connectivity index (χ0v) is 11.4. The van der Waals surface area contributed by atoms with E-state index in [0.29, 0.717) is 11.7 Å². The molecule has 0 aromatic heterocycles. The van der Waals surface area contributed by atoms with Gasteiger partial charge >= 0.3 is 0 Å². The van der Waals surface area contributed by atoms with Crippen LogP contribution in [0, 0.1) is 5.92 Å². The second-order valence-electron chi connectivity index (χ2n) is 4.67. The number of ether oxygens (including phenoxy) is 2. The molecule has 2 N–H and O–H groups in total. The Labute approximate surface area is 113 Å². The Balaban J connectivity index is 1.85. The van der Waals surface area contributed by atoms with Crippen LogP contribution in [0.25, 0.3) is 0 Å². The van der Waals surface area contributed by atoms with Crippen molar-refractivity contribution >= 4 is 11.6 Å². The van der Waals surface area contributed by atoms with E-state index in [1.807, 2.05) is 12.1 Å². The second-order valence-corrected chi connectivity index (χ2v) is 4.67. The molecule has 0 atom stereocenters. The first-order valence-electron chi connectivity index (χ1n) is 6.45. The fourth-order valence-electron chi connectivity index (χ4n) is 1.76. The van der Waals surface area contributed by atoms with Crippen LogP contribution in [0.1, 0.15) is 12.8 Å². The van der Waals surface area contributed by atoms with Crippen LogP contribution in [0.5, 0.6) is 11.5 Å². The van der Waals surface area contributed by atoms with Crippen LogP contribution < -0.4 is 20.1 Å². The van der Waals surface area contributed by atoms with Crippen LogP contribution in [-0.4, -0.2) is 33.2 Å². The molecule has 0 radical (unpaired) electrons. The van der Waals surface area contributed by atoms with Gasteiger partial charge in [0.15, 0.2) is 0 Å². The van der Waals surface area contributed by atoms with E-state index in [9.17, 15) is 4.79 Å². The highest BCUT2D eigenvalue weighted by molar-refractivity contribution is 5.81. The van der Waals surface area contributed by atoms with Gasteiger partial charge in [-0.1, -0.05) is 0 Å². The van der Waals surface area contributed by atoms with Crippen LogP contribution in [0.2, 0.25) is 0 Å². The van der Waals surface area contributed by atoms with E-state index in [2.05, 4.69) is 10.6 Å². The summed E-state index contributed by atoms with van der Waals surface area (Å²) < 4.78 is 10.4. The monoisotopic (exact) mass is 264 g/mol. The highest BCUT2D eigenvalue weighted by atomic mass is 16.5. The number of rotatable bonds is 7. The van der Waals surface area contributed by atoms with E-state index >= 15 is 0 Å². The Bertz CT molecular complexity index is 444. The van der Waals surface area contributed by atoms with Gasteiger partial charge in [0.05, 0.1) is 26.5 Å². The van der Waals surface area contributed by atoms with Crippen LogP contribution in [0.4, 0.5) is 5.69 Å². The van der Waals surface area contributed by atoms with Gasteiger partial charge in [-0.3, -0.25) is 4.79 Å². The first-order valence-corrected chi connectivity index (χ1v) is 6.45. The number of amides is 1. The van der Waals surface area contributed by atoms with E-state index in [1.165, 1.54) is 12.8 Å². The maximum atomic E-state index is 11.6. The quantitative estimate of drug-likeness (QED) is 0.786. The summed E-state index contributed by atoms with van der Waals surface area (Å²) in [6.45, 7) is 1.04. The van der Waals surface area contributed by atoms with Crippen molar-refractivity contribution in [2.45, 2.75) is 12.8 Å². The molecule has 1 aliphatic carbocycles. The molecule has 0 unspecified atom stereocenters. The Hall–Kier alpha value is -1.91. The third-order valence-corrected chi connectivity index (χ3v) is 3.13. The maximum absolute atomic E-state index is 11.6. The molecular weight excluding hydrogens is 244 g/mol. The zero-order valence-electron chi connectivity index (χ0n) is 11.4. The smallest absolute Gasteiger partial charge is 0.239 e. The van der Waals surface area contributed by atoms with E-state index < -0.39 is 0 Å². The SMILES string of the molecule is COc1ccc(NCC(=O)NCC2CC2)c(OC)c1. The molecule has 1 aliphatic rings. The van der Waals surface area contributed by atoms with Gasteiger partial charge in [-0.05, 0) is 30.9 Å². The summed E-state index contributed by atoms with van der Waals surface area (Å²) >= 11 is 0. The molecular formula is C14H20N2O3. The van der Waals surface area contributed by atoms with Gasteiger partial charge in [-0.15, -0.1) is 0 Å². The predicted molar refractivity (Wildman–Crippen MR) is 73.8 cm³/mol. The Morgan fingerprint density at radius 1 is 1.32 bits per heavy atom. The summed E-state index contributed by atoms with van der Waals surface area (Å²) in [5, 5.41) is 5.97. The lowest BCUT2D eigenvalue weighted by Crippen LogP contribution is -2.31. The zero-order chi connectivity index (χ0) is 13.7. The van der Waals surface area contributed by atoms with Crippen molar-refractivity contribution in [2.24, 2.45) is 5.92 Å². The number of benzene rings is 1. The van der Waals surface area contributed by atoms with Gasteiger partial charge in [0, 0.05) is 12.6 Å². The molecule has 0 heterocycles. The number of methoxy groups -OCH3 is 2. The molecule has 19 heavy (non-hydrogen) atoms. The molecule has 0 aliphatic heterocycles. The fraction of sp³-hybridized carbons (Fsp3) is 0.500.